The summed E-state index contributed by atoms with van der Waals surface area (Å²) in [6.45, 7) is 0. The summed E-state index contributed by atoms with van der Waals surface area (Å²) in [6.07, 6.45) is 4.43. The Morgan fingerprint density at radius 1 is 1.00 bits per heavy atom. The van der Waals surface area contributed by atoms with Gasteiger partial charge in [0.1, 0.15) is 12.1 Å². The number of benzene rings is 2. The van der Waals surface area contributed by atoms with E-state index >= 15 is 0 Å². The third-order valence-corrected chi connectivity index (χ3v) is 4.11. The number of nitrogens with one attached hydrogen (secondary N) is 2. The molecule has 0 saturated carbocycles. The van der Waals surface area contributed by atoms with Crippen LogP contribution in [0.25, 0.3) is 10.9 Å². The number of hydrogen-bond acceptors (Lipinski definition) is 8. The second-order valence-electron chi connectivity index (χ2n) is 6.00. The van der Waals surface area contributed by atoms with E-state index in [4.69, 9.17) is 4.74 Å². The second kappa shape index (κ2) is 10.4. The number of ether oxygens (including phenoxy) is 1. The molecule has 0 radical (unpaired) electrons. The Morgan fingerprint density at radius 2 is 1.71 bits per heavy atom. The van der Waals surface area contributed by atoms with Crippen LogP contribution in [0.4, 0.5) is 17.5 Å². The van der Waals surface area contributed by atoms with Gasteiger partial charge in [-0.3, -0.25) is 10.1 Å². The van der Waals surface area contributed by atoms with Crippen molar-refractivity contribution < 1.29 is 14.6 Å². The molecule has 4 aromatic rings. The first-order valence-corrected chi connectivity index (χ1v) is 8.61. The third kappa shape index (κ3) is 5.27. The van der Waals surface area contributed by atoms with Crippen LogP contribution in [0.1, 0.15) is 10.4 Å². The molecule has 0 atom stereocenters. The molecule has 31 heavy (non-hydrogen) atoms. The molecule has 0 aliphatic carbocycles. The quantitative estimate of drug-likeness (QED) is 0.408. The topological polar surface area (TPSA) is 122 Å². The number of rotatable bonds is 5. The molecule has 2 aromatic heterocycles. The van der Waals surface area contributed by atoms with E-state index in [0.29, 0.717) is 33.7 Å². The number of fused-ring (bicyclic) bond motifs is 1. The van der Waals surface area contributed by atoms with Crippen molar-refractivity contribution in [2.45, 2.75) is 0 Å². The lowest BCUT2D eigenvalue weighted by atomic mass is 10.2. The molecule has 1 amide bonds. The zero-order chi connectivity index (χ0) is 20.2. The number of anilines is 3. The van der Waals surface area contributed by atoms with Crippen molar-refractivity contribution in [1.29, 1.82) is 0 Å². The number of phenolic OH excluding ortho intramolecular Hbond substituents is 1. The molecule has 0 spiro atoms. The number of carbonyl (C=O) groups excluding carboxylic acids is 1. The van der Waals surface area contributed by atoms with E-state index in [2.05, 4.69) is 30.6 Å². The third-order valence-electron chi connectivity index (χ3n) is 4.11. The number of halogens is 2. The van der Waals surface area contributed by atoms with Crippen LogP contribution in [0, 0.1) is 0 Å². The fourth-order valence-electron chi connectivity index (χ4n) is 2.69. The molecule has 0 aliphatic heterocycles. The minimum atomic E-state index is -0.292. The van der Waals surface area contributed by atoms with Crippen molar-refractivity contribution >= 4 is 59.1 Å². The molecule has 160 valence electrons. The van der Waals surface area contributed by atoms with Gasteiger partial charge in [-0.05, 0) is 18.2 Å². The van der Waals surface area contributed by atoms with E-state index in [-0.39, 0.29) is 42.4 Å². The summed E-state index contributed by atoms with van der Waals surface area (Å²) >= 11 is 0. The number of nitrogens with zero attached hydrogens (tertiary/aromatic N) is 4. The van der Waals surface area contributed by atoms with Gasteiger partial charge in [0, 0.05) is 17.0 Å². The van der Waals surface area contributed by atoms with Crippen LogP contribution in [-0.2, 0) is 0 Å². The summed E-state index contributed by atoms with van der Waals surface area (Å²) in [5.41, 5.74) is 1.63. The van der Waals surface area contributed by atoms with Crippen molar-refractivity contribution in [2.24, 2.45) is 0 Å². The van der Waals surface area contributed by atoms with E-state index < -0.39 is 0 Å². The van der Waals surface area contributed by atoms with Crippen LogP contribution >= 0.6 is 24.8 Å². The monoisotopic (exact) mass is 460 g/mol. The average molecular weight is 461 g/mol. The molecule has 2 aromatic carbocycles. The molecule has 3 N–H and O–H groups in total. The Balaban J connectivity index is 0.00000171. The normalized spacial score (nSPS) is 9.84. The first-order chi connectivity index (χ1) is 14.1. The number of carbonyl (C=O) groups is 1. The summed E-state index contributed by atoms with van der Waals surface area (Å²) in [6, 6.07) is 12.0. The van der Waals surface area contributed by atoms with E-state index in [1.54, 1.807) is 30.3 Å². The lowest BCUT2D eigenvalue weighted by Crippen LogP contribution is -2.14. The number of hydrogen-bond donors (Lipinski definition) is 3. The molecule has 0 fully saturated rings. The van der Waals surface area contributed by atoms with Gasteiger partial charge in [-0.15, -0.1) is 24.8 Å². The van der Waals surface area contributed by atoms with Crippen molar-refractivity contribution in [2.75, 3.05) is 17.7 Å². The molecule has 2 heterocycles. The van der Waals surface area contributed by atoms with E-state index in [1.807, 2.05) is 6.07 Å². The van der Waals surface area contributed by atoms with Gasteiger partial charge in [0.25, 0.3) is 5.91 Å². The molecule has 11 heteroatoms. The largest absolute Gasteiger partial charge is 0.504 e. The second-order valence-corrected chi connectivity index (χ2v) is 6.00. The standard InChI is InChI=1S/C20H16N6O3.2ClH/c1-29-17-7-14-15(8-16(17)27)23-11-24-18(14)25-13-9-21-20(22-10-13)26-19(28)12-5-3-2-4-6-12;;/h2-11,27H,1H3,(H,23,24,25)(H,21,22,26,28);2*1H. The SMILES string of the molecule is COc1cc2c(Nc3cnc(NC(=O)c4ccccc4)nc3)ncnc2cc1O.Cl.Cl. The van der Waals surface area contributed by atoms with Gasteiger partial charge in [0.15, 0.2) is 11.5 Å². The van der Waals surface area contributed by atoms with Crippen molar-refractivity contribution in [1.82, 2.24) is 19.9 Å². The predicted molar refractivity (Wildman–Crippen MR) is 122 cm³/mol. The van der Waals surface area contributed by atoms with Crippen LogP contribution in [-0.4, -0.2) is 38.1 Å². The summed E-state index contributed by atoms with van der Waals surface area (Å²) in [5.74, 6) is 0.693. The van der Waals surface area contributed by atoms with Crippen LogP contribution in [0.5, 0.6) is 11.5 Å². The highest BCUT2D eigenvalue weighted by molar-refractivity contribution is 6.03. The fraction of sp³-hybridized carbons (Fsp3) is 0.0500. The molecular weight excluding hydrogens is 443 g/mol. The highest BCUT2D eigenvalue weighted by atomic mass is 35.5. The van der Waals surface area contributed by atoms with E-state index in [0.717, 1.165) is 0 Å². The number of methoxy groups -OCH3 is 1. The minimum absolute atomic E-state index is 0. The zero-order valence-electron chi connectivity index (χ0n) is 16.1. The van der Waals surface area contributed by atoms with Crippen molar-refractivity contribution in [3.63, 3.8) is 0 Å². The lowest BCUT2D eigenvalue weighted by molar-refractivity contribution is 0.102. The summed E-state index contributed by atoms with van der Waals surface area (Å²) in [5, 5.41) is 16.3. The van der Waals surface area contributed by atoms with Crippen molar-refractivity contribution in [3.8, 4) is 11.5 Å². The summed E-state index contributed by atoms with van der Waals surface area (Å²) in [7, 11) is 1.47. The van der Waals surface area contributed by atoms with Gasteiger partial charge >= 0.3 is 0 Å². The maximum atomic E-state index is 12.2. The smallest absolute Gasteiger partial charge is 0.258 e. The van der Waals surface area contributed by atoms with Gasteiger partial charge in [-0.2, -0.15) is 0 Å². The molecule has 0 unspecified atom stereocenters. The maximum absolute atomic E-state index is 12.2. The Bertz CT molecular complexity index is 1180. The molecule has 4 rings (SSSR count). The van der Waals surface area contributed by atoms with Gasteiger partial charge in [0.2, 0.25) is 5.95 Å². The molecular formula is C20H18Cl2N6O3. The fourth-order valence-corrected chi connectivity index (χ4v) is 2.69. The molecule has 0 saturated heterocycles. The van der Waals surface area contributed by atoms with Gasteiger partial charge in [-0.25, -0.2) is 19.9 Å². The first-order valence-electron chi connectivity index (χ1n) is 8.61. The molecule has 0 bridgehead atoms. The predicted octanol–water partition coefficient (Wildman–Crippen LogP) is 3.97. The maximum Gasteiger partial charge on any atom is 0.258 e. The average Bonchev–Trinajstić information content (AvgIpc) is 2.75. The van der Waals surface area contributed by atoms with Crippen LogP contribution < -0.4 is 15.4 Å². The van der Waals surface area contributed by atoms with Crippen LogP contribution in [0.3, 0.4) is 0 Å². The summed E-state index contributed by atoms with van der Waals surface area (Å²) in [4.78, 5) is 28.9. The van der Waals surface area contributed by atoms with E-state index in [9.17, 15) is 9.90 Å². The number of amides is 1. The Morgan fingerprint density at radius 3 is 2.39 bits per heavy atom. The Kier molecular flexibility index (Phi) is 7.89. The van der Waals surface area contributed by atoms with Gasteiger partial charge in [0.05, 0.1) is 30.7 Å². The summed E-state index contributed by atoms with van der Waals surface area (Å²) < 4.78 is 5.15. The number of aromatic nitrogens is 4. The van der Waals surface area contributed by atoms with Crippen molar-refractivity contribution in [3.05, 3.63) is 66.7 Å². The lowest BCUT2D eigenvalue weighted by Gasteiger charge is -2.10. The number of phenols is 1. The number of aromatic hydroxyl groups is 1. The highest BCUT2D eigenvalue weighted by Crippen LogP contribution is 2.33. The van der Waals surface area contributed by atoms with Crippen LogP contribution in [0.2, 0.25) is 0 Å². The molecule has 9 nitrogen and oxygen atoms in total. The Labute approximate surface area is 189 Å². The van der Waals surface area contributed by atoms with Gasteiger partial charge < -0.3 is 15.2 Å². The highest BCUT2D eigenvalue weighted by Gasteiger charge is 2.11. The molecule has 0 aliphatic rings. The minimum Gasteiger partial charge on any atom is -0.504 e. The van der Waals surface area contributed by atoms with E-state index in [1.165, 1.54) is 31.9 Å². The van der Waals surface area contributed by atoms with Crippen LogP contribution in [0.15, 0.2) is 61.2 Å². The zero-order valence-corrected chi connectivity index (χ0v) is 17.8. The van der Waals surface area contributed by atoms with Gasteiger partial charge in [-0.1, -0.05) is 18.2 Å². The first kappa shape index (κ1) is 23.6. The Hall–Kier alpha value is -3.69.